The Morgan fingerprint density at radius 3 is 2.32 bits per heavy atom. The van der Waals surface area contributed by atoms with Crippen molar-refractivity contribution >= 4 is 17.8 Å². The topological polar surface area (TPSA) is 152 Å². The predicted molar refractivity (Wildman–Crippen MR) is 66.5 cm³/mol. The lowest BCUT2D eigenvalue weighted by Gasteiger charge is -2.34. The van der Waals surface area contributed by atoms with E-state index < -0.39 is 11.4 Å². The van der Waals surface area contributed by atoms with Crippen molar-refractivity contribution < 1.29 is 19.5 Å². The third kappa shape index (κ3) is 3.71. The summed E-state index contributed by atoms with van der Waals surface area (Å²) in [4.78, 5) is 22.7. The number of amides is 3. The van der Waals surface area contributed by atoms with Gasteiger partial charge in [-0.25, -0.2) is 4.79 Å². The van der Waals surface area contributed by atoms with Gasteiger partial charge >= 0.3 is 6.03 Å². The van der Waals surface area contributed by atoms with Gasteiger partial charge in [0.05, 0.1) is 0 Å². The van der Waals surface area contributed by atoms with Gasteiger partial charge in [-0.2, -0.15) is 0 Å². The van der Waals surface area contributed by atoms with E-state index in [1.807, 2.05) is 0 Å². The summed E-state index contributed by atoms with van der Waals surface area (Å²) in [6.45, 7) is 1.15. The summed E-state index contributed by atoms with van der Waals surface area (Å²) in [6, 6.07) is -0.661. The van der Waals surface area contributed by atoms with Crippen LogP contribution in [0.4, 0.5) is 4.79 Å². The van der Waals surface area contributed by atoms with Crippen LogP contribution in [0.5, 0.6) is 0 Å². The van der Waals surface area contributed by atoms with Crippen molar-refractivity contribution in [3.63, 3.8) is 0 Å². The van der Waals surface area contributed by atoms with Crippen molar-refractivity contribution in [3.8, 4) is 0 Å². The van der Waals surface area contributed by atoms with Gasteiger partial charge in [-0.3, -0.25) is 4.79 Å². The Kier molecular flexibility index (Phi) is 5.37. The van der Waals surface area contributed by atoms with Gasteiger partial charge < -0.3 is 32.0 Å². The summed E-state index contributed by atoms with van der Waals surface area (Å²) in [5, 5.41) is 16.7. The van der Waals surface area contributed by atoms with Crippen LogP contribution in [0, 0.1) is 5.41 Å². The van der Waals surface area contributed by atoms with E-state index in [0.29, 0.717) is 26.1 Å². The van der Waals surface area contributed by atoms with Crippen LogP contribution >= 0.6 is 0 Å². The molecule has 0 aliphatic carbocycles. The fourth-order valence-corrected chi connectivity index (χ4v) is 1.95. The third-order valence-corrected chi connectivity index (χ3v) is 3.09. The summed E-state index contributed by atoms with van der Waals surface area (Å²) in [6.07, 6.45) is 0.690. The van der Waals surface area contributed by atoms with E-state index >= 15 is 0 Å². The zero-order valence-corrected chi connectivity index (χ0v) is 10.5. The van der Waals surface area contributed by atoms with Crippen LogP contribution in [0.2, 0.25) is 0 Å². The Bertz CT molecular complexity index is 365. The molecule has 0 aromatic heterocycles. The molecule has 0 unspecified atom stereocenters. The number of rotatable bonds is 5. The molecule has 0 aromatic carbocycles. The quantitative estimate of drug-likeness (QED) is 0.133. The van der Waals surface area contributed by atoms with Gasteiger partial charge in [0.25, 0.3) is 0 Å². The number of amidine groups is 1. The molecule has 108 valence electrons. The number of nitrogens with zero attached hydrogens (tertiary/aromatic N) is 1. The van der Waals surface area contributed by atoms with Gasteiger partial charge in [0.2, 0.25) is 5.91 Å². The van der Waals surface area contributed by atoms with Gasteiger partial charge in [-0.15, -0.1) is 0 Å². The Balaban J connectivity index is 2.60. The maximum absolute atomic E-state index is 12.2. The molecule has 0 radical (unpaired) electrons. The van der Waals surface area contributed by atoms with Gasteiger partial charge in [0.1, 0.15) is 5.41 Å². The third-order valence-electron chi connectivity index (χ3n) is 3.09. The highest BCUT2D eigenvalue weighted by Gasteiger charge is 2.44. The molecule has 1 fully saturated rings. The lowest BCUT2D eigenvalue weighted by Crippen LogP contribution is -2.53. The minimum absolute atomic E-state index is 0.129. The van der Waals surface area contributed by atoms with Crippen molar-refractivity contribution in [2.75, 3.05) is 26.3 Å². The first kappa shape index (κ1) is 15.0. The molecule has 1 heterocycles. The van der Waals surface area contributed by atoms with Crippen LogP contribution in [0.15, 0.2) is 5.16 Å². The second kappa shape index (κ2) is 6.78. The van der Waals surface area contributed by atoms with Crippen molar-refractivity contribution in [2.24, 2.45) is 22.0 Å². The molecule has 9 heteroatoms. The predicted octanol–water partition coefficient (Wildman–Crippen LogP) is -1.69. The zero-order chi connectivity index (χ0) is 14.3. The maximum Gasteiger partial charge on any atom is 0.312 e. The van der Waals surface area contributed by atoms with E-state index in [0.717, 1.165) is 0 Å². The molecule has 1 aliphatic rings. The van der Waals surface area contributed by atoms with Gasteiger partial charge in [0, 0.05) is 26.3 Å². The number of oxime groups is 1. The number of carbonyl (C=O) groups is 2. The van der Waals surface area contributed by atoms with Crippen molar-refractivity contribution in [1.82, 2.24) is 10.6 Å². The van der Waals surface area contributed by atoms with Crippen LogP contribution in [0.3, 0.4) is 0 Å². The fourth-order valence-electron chi connectivity index (χ4n) is 1.95. The number of ether oxygens (including phenoxy) is 1. The summed E-state index contributed by atoms with van der Waals surface area (Å²) >= 11 is 0. The molecule has 3 amide bonds. The number of primary amides is 1. The second-order valence-corrected chi connectivity index (χ2v) is 4.23. The number of hydrogen-bond donors (Lipinski definition) is 5. The van der Waals surface area contributed by atoms with E-state index in [4.69, 9.17) is 21.4 Å². The number of urea groups is 1. The Labute approximate surface area is 110 Å². The first-order valence-electron chi connectivity index (χ1n) is 5.90. The van der Waals surface area contributed by atoms with E-state index in [9.17, 15) is 9.59 Å². The molecular weight excluding hydrogens is 254 g/mol. The van der Waals surface area contributed by atoms with Crippen molar-refractivity contribution in [2.45, 2.75) is 12.8 Å². The minimum Gasteiger partial charge on any atom is -0.409 e. The Hall–Kier alpha value is -2.03. The van der Waals surface area contributed by atoms with E-state index in [1.165, 1.54) is 0 Å². The average Bonchev–Trinajstić information content (AvgIpc) is 2.42. The standard InChI is InChI=1S/C10H19N5O4/c11-7(15-18)10(1-5-19-6-2-10)8(16)13-3-4-14-9(12)17/h18H,1-6H2,(H2,11,15)(H,13,16)(H3,12,14,17). The van der Waals surface area contributed by atoms with Crippen LogP contribution in [-0.2, 0) is 9.53 Å². The van der Waals surface area contributed by atoms with Gasteiger partial charge in [-0.1, -0.05) is 5.16 Å². The molecule has 0 aromatic rings. The van der Waals surface area contributed by atoms with E-state index in [-0.39, 0.29) is 24.8 Å². The molecule has 0 saturated carbocycles. The maximum atomic E-state index is 12.2. The molecule has 1 aliphatic heterocycles. The summed E-state index contributed by atoms with van der Waals surface area (Å²) < 4.78 is 5.18. The van der Waals surface area contributed by atoms with E-state index in [2.05, 4.69) is 15.8 Å². The van der Waals surface area contributed by atoms with Crippen LogP contribution < -0.4 is 22.1 Å². The molecule has 0 atom stereocenters. The van der Waals surface area contributed by atoms with Crippen LogP contribution in [0.1, 0.15) is 12.8 Å². The first-order valence-corrected chi connectivity index (χ1v) is 5.90. The smallest absolute Gasteiger partial charge is 0.312 e. The Morgan fingerprint density at radius 1 is 1.21 bits per heavy atom. The number of carbonyl (C=O) groups excluding carboxylic acids is 2. The van der Waals surface area contributed by atoms with Crippen molar-refractivity contribution in [3.05, 3.63) is 0 Å². The molecule has 9 nitrogen and oxygen atoms in total. The second-order valence-electron chi connectivity index (χ2n) is 4.23. The molecular formula is C10H19N5O4. The largest absolute Gasteiger partial charge is 0.409 e. The van der Waals surface area contributed by atoms with Crippen LogP contribution in [-0.4, -0.2) is 49.3 Å². The Morgan fingerprint density at radius 2 is 1.79 bits per heavy atom. The van der Waals surface area contributed by atoms with Gasteiger partial charge in [-0.05, 0) is 12.8 Å². The van der Waals surface area contributed by atoms with Crippen LogP contribution in [0.25, 0.3) is 0 Å². The molecule has 1 saturated heterocycles. The van der Waals surface area contributed by atoms with E-state index in [1.54, 1.807) is 0 Å². The molecule has 0 spiro atoms. The van der Waals surface area contributed by atoms with Gasteiger partial charge in [0.15, 0.2) is 5.84 Å². The monoisotopic (exact) mass is 273 g/mol. The average molecular weight is 273 g/mol. The summed E-state index contributed by atoms with van der Waals surface area (Å²) in [7, 11) is 0. The molecule has 19 heavy (non-hydrogen) atoms. The minimum atomic E-state index is -1.06. The molecule has 7 N–H and O–H groups in total. The highest BCUT2D eigenvalue weighted by atomic mass is 16.5. The first-order chi connectivity index (χ1) is 9.03. The lowest BCUT2D eigenvalue weighted by atomic mass is 9.78. The fraction of sp³-hybridized carbons (Fsp3) is 0.700. The number of nitrogens with one attached hydrogen (secondary N) is 2. The summed E-state index contributed by atoms with van der Waals surface area (Å²) in [5.41, 5.74) is 9.47. The SMILES string of the molecule is NC(=O)NCCNC(=O)C1(C(N)=NO)CCOCC1. The number of hydrogen-bond acceptors (Lipinski definition) is 5. The highest BCUT2D eigenvalue weighted by molar-refractivity contribution is 6.06. The molecule has 1 rings (SSSR count). The normalized spacial score (nSPS) is 18.6. The number of nitrogens with two attached hydrogens (primary N) is 2. The summed E-state index contributed by atoms with van der Waals surface area (Å²) in [5.74, 6) is -0.478. The highest BCUT2D eigenvalue weighted by Crippen LogP contribution is 2.31. The zero-order valence-electron chi connectivity index (χ0n) is 10.5. The lowest BCUT2D eigenvalue weighted by molar-refractivity contribution is -0.131. The molecule has 0 bridgehead atoms. The van der Waals surface area contributed by atoms with Crippen molar-refractivity contribution in [1.29, 1.82) is 0 Å².